The number of sulfonamides is 1. The summed E-state index contributed by atoms with van der Waals surface area (Å²) in [6.45, 7) is 13.0. The van der Waals surface area contributed by atoms with Crippen LogP contribution >= 0.6 is 0 Å². The molecule has 2 aromatic rings. The molecule has 2 amide bonds. The van der Waals surface area contributed by atoms with Crippen LogP contribution in [-0.2, 0) is 26.2 Å². The van der Waals surface area contributed by atoms with Crippen molar-refractivity contribution in [3.63, 3.8) is 0 Å². The quantitative estimate of drug-likeness (QED) is 0.560. The summed E-state index contributed by atoms with van der Waals surface area (Å²) in [6.07, 6.45) is 1.49. The lowest BCUT2D eigenvalue weighted by atomic mass is 10.0. The Hall–Kier alpha value is -2.87. The SMILES string of the molecule is CC[C@@H](C(=O)NC(C)(C)C)N(Cc1ccccc1C)C(=O)CN(c1cccc(C)c1C)S(C)(=O)=O. The molecule has 1 atom stereocenters. The summed E-state index contributed by atoms with van der Waals surface area (Å²) in [5.41, 5.74) is 3.60. The molecule has 0 radical (unpaired) electrons. The molecule has 0 saturated carbocycles. The highest BCUT2D eigenvalue weighted by Gasteiger charge is 2.33. The fourth-order valence-corrected chi connectivity index (χ4v) is 4.84. The van der Waals surface area contributed by atoms with Gasteiger partial charge in [-0.1, -0.05) is 43.3 Å². The van der Waals surface area contributed by atoms with Gasteiger partial charge in [0, 0.05) is 12.1 Å². The highest BCUT2D eigenvalue weighted by molar-refractivity contribution is 7.92. The van der Waals surface area contributed by atoms with E-state index in [9.17, 15) is 18.0 Å². The van der Waals surface area contributed by atoms with Crippen LogP contribution in [0.2, 0.25) is 0 Å². The molecule has 0 bridgehead atoms. The molecule has 35 heavy (non-hydrogen) atoms. The maximum Gasteiger partial charge on any atom is 0.244 e. The number of anilines is 1. The topological polar surface area (TPSA) is 86.8 Å². The van der Waals surface area contributed by atoms with E-state index < -0.39 is 34.1 Å². The van der Waals surface area contributed by atoms with Gasteiger partial charge in [-0.15, -0.1) is 0 Å². The van der Waals surface area contributed by atoms with Crippen LogP contribution in [0.15, 0.2) is 42.5 Å². The molecule has 0 aliphatic rings. The van der Waals surface area contributed by atoms with E-state index in [1.54, 1.807) is 12.1 Å². The van der Waals surface area contributed by atoms with Crippen molar-refractivity contribution in [2.75, 3.05) is 17.1 Å². The van der Waals surface area contributed by atoms with Crippen molar-refractivity contribution in [1.82, 2.24) is 10.2 Å². The van der Waals surface area contributed by atoms with Crippen molar-refractivity contribution in [2.45, 2.75) is 73.0 Å². The molecular formula is C27H39N3O4S. The maximum atomic E-state index is 13.8. The van der Waals surface area contributed by atoms with E-state index in [2.05, 4.69) is 5.32 Å². The summed E-state index contributed by atoms with van der Waals surface area (Å²) in [6, 6.07) is 12.3. The van der Waals surface area contributed by atoms with Crippen LogP contribution in [-0.4, -0.2) is 49.5 Å². The second kappa shape index (κ2) is 11.2. The number of hydrogen-bond donors (Lipinski definition) is 1. The third-order valence-electron chi connectivity index (χ3n) is 6.01. The van der Waals surface area contributed by atoms with Crippen LogP contribution in [0.5, 0.6) is 0 Å². The van der Waals surface area contributed by atoms with Gasteiger partial charge in [-0.25, -0.2) is 8.42 Å². The fourth-order valence-electron chi connectivity index (χ4n) is 3.94. The molecule has 0 saturated heterocycles. The Balaban J connectivity index is 2.52. The van der Waals surface area contributed by atoms with Gasteiger partial charge in [-0.2, -0.15) is 0 Å². The summed E-state index contributed by atoms with van der Waals surface area (Å²) in [5.74, 6) is -0.699. The van der Waals surface area contributed by atoms with Crippen LogP contribution < -0.4 is 9.62 Å². The van der Waals surface area contributed by atoms with Crippen LogP contribution in [0.1, 0.15) is 56.4 Å². The molecule has 0 heterocycles. The number of rotatable bonds is 9. The third-order valence-corrected chi connectivity index (χ3v) is 7.14. The molecular weight excluding hydrogens is 462 g/mol. The highest BCUT2D eigenvalue weighted by Crippen LogP contribution is 2.26. The zero-order chi connectivity index (χ0) is 26.6. The van der Waals surface area contributed by atoms with Gasteiger partial charge in [0.15, 0.2) is 0 Å². The van der Waals surface area contributed by atoms with Gasteiger partial charge in [-0.3, -0.25) is 13.9 Å². The first-order valence-electron chi connectivity index (χ1n) is 11.9. The zero-order valence-electron chi connectivity index (χ0n) is 22.2. The van der Waals surface area contributed by atoms with Crippen LogP contribution in [0, 0.1) is 20.8 Å². The predicted octanol–water partition coefficient (Wildman–Crippen LogP) is 4.10. The van der Waals surface area contributed by atoms with Crippen LogP contribution in [0.25, 0.3) is 0 Å². The van der Waals surface area contributed by atoms with Gasteiger partial charge in [0.25, 0.3) is 0 Å². The molecule has 1 N–H and O–H groups in total. The van der Waals surface area contributed by atoms with Crippen LogP contribution in [0.4, 0.5) is 5.69 Å². The predicted molar refractivity (Wildman–Crippen MR) is 142 cm³/mol. The number of amides is 2. The lowest BCUT2D eigenvalue weighted by Gasteiger charge is -2.35. The molecule has 2 aromatic carbocycles. The van der Waals surface area contributed by atoms with E-state index in [0.29, 0.717) is 12.1 Å². The largest absolute Gasteiger partial charge is 0.350 e. The van der Waals surface area contributed by atoms with Crippen molar-refractivity contribution < 1.29 is 18.0 Å². The normalized spacial score (nSPS) is 12.7. The van der Waals surface area contributed by atoms with E-state index in [1.807, 2.05) is 78.8 Å². The van der Waals surface area contributed by atoms with E-state index in [-0.39, 0.29) is 12.5 Å². The Morgan fingerprint density at radius 2 is 1.57 bits per heavy atom. The Morgan fingerprint density at radius 3 is 2.11 bits per heavy atom. The van der Waals surface area contributed by atoms with E-state index in [1.165, 1.54) is 4.90 Å². The van der Waals surface area contributed by atoms with Gasteiger partial charge in [0.05, 0.1) is 11.9 Å². The maximum absolute atomic E-state index is 13.8. The first-order valence-corrected chi connectivity index (χ1v) is 13.7. The first-order chi connectivity index (χ1) is 16.2. The van der Waals surface area contributed by atoms with Gasteiger partial charge < -0.3 is 10.2 Å². The fraction of sp³-hybridized carbons (Fsp3) is 0.481. The molecule has 0 spiro atoms. The number of carbonyl (C=O) groups is 2. The zero-order valence-corrected chi connectivity index (χ0v) is 23.0. The highest BCUT2D eigenvalue weighted by atomic mass is 32.2. The standard InChI is InChI=1S/C27H39N3O4S/c1-9-23(26(32)28-27(5,6)7)29(17-22-15-11-10-13-20(22)3)25(31)18-30(35(8,33)34)24-16-12-14-19(2)21(24)4/h10-16,23H,9,17-18H2,1-8H3,(H,28,32)/t23-/m0/s1. The van der Waals surface area contributed by atoms with Crippen molar-refractivity contribution in [1.29, 1.82) is 0 Å². The molecule has 7 nitrogen and oxygen atoms in total. The second-order valence-electron chi connectivity index (χ2n) is 10.1. The number of aryl methyl sites for hydroxylation is 2. The van der Waals surface area contributed by atoms with Gasteiger partial charge in [0.2, 0.25) is 21.8 Å². The number of nitrogens with zero attached hydrogens (tertiary/aromatic N) is 2. The monoisotopic (exact) mass is 501 g/mol. The average molecular weight is 502 g/mol. The summed E-state index contributed by atoms with van der Waals surface area (Å²) >= 11 is 0. The van der Waals surface area contributed by atoms with Crippen LogP contribution in [0.3, 0.4) is 0 Å². The number of carbonyl (C=O) groups excluding carboxylic acids is 2. The smallest absolute Gasteiger partial charge is 0.244 e. The molecule has 0 fully saturated rings. The Kier molecular flexibility index (Phi) is 9.11. The van der Waals surface area contributed by atoms with Crippen molar-refractivity contribution >= 4 is 27.5 Å². The molecule has 0 unspecified atom stereocenters. The van der Waals surface area contributed by atoms with Gasteiger partial charge in [-0.05, 0) is 76.3 Å². The molecule has 192 valence electrons. The van der Waals surface area contributed by atoms with Crippen molar-refractivity contribution in [2.24, 2.45) is 0 Å². The summed E-state index contributed by atoms with van der Waals surface area (Å²) in [7, 11) is -3.76. The van der Waals surface area contributed by atoms with Gasteiger partial charge in [0.1, 0.15) is 12.6 Å². The summed E-state index contributed by atoms with van der Waals surface area (Å²) in [5, 5.41) is 2.97. The minimum Gasteiger partial charge on any atom is -0.350 e. The lowest BCUT2D eigenvalue weighted by molar-refractivity contribution is -0.141. The lowest BCUT2D eigenvalue weighted by Crippen LogP contribution is -2.55. The molecule has 2 rings (SSSR count). The summed E-state index contributed by atoms with van der Waals surface area (Å²) < 4.78 is 26.7. The van der Waals surface area contributed by atoms with Gasteiger partial charge >= 0.3 is 0 Å². The van der Waals surface area contributed by atoms with E-state index in [0.717, 1.165) is 32.8 Å². The van der Waals surface area contributed by atoms with Crippen molar-refractivity contribution in [3.05, 3.63) is 64.7 Å². The number of nitrogens with one attached hydrogen (secondary N) is 1. The summed E-state index contributed by atoms with van der Waals surface area (Å²) in [4.78, 5) is 28.5. The van der Waals surface area contributed by atoms with Crippen molar-refractivity contribution in [3.8, 4) is 0 Å². The number of hydrogen-bond acceptors (Lipinski definition) is 4. The van der Waals surface area contributed by atoms with E-state index in [4.69, 9.17) is 0 Å². The molecule has 0 aromatic heterocycles. The second-order valence-corrected chi connectivity index (χ2v) is 12.0. The Morgan fingerprint density at radius 1 is 0.971 bits per heavy atom. The third kappa shape index (κ3) is 7.56. The molecule has 0 aliphatic carbocycles. The molecule has 0 aliphatic heterocycles. The first kappa shape index (κ1) is 28.4. The Bertz CT molecular complexity index is 1170. The minimum absolute atomic E-state index is 0.200. The minimum atomic E-state index is -3.76. The Labute approximate surface area is 210 Å². The van der Waals surface area contributed by atoms with E-state index >= 15 is 0 Å². The molecule has 8 heteroatoms. The average Bonchev–Trinajstić information content (AvgIpc) is 2.73. The number of benzene rings is 2.